The van der Waals surface area contributed by atoms with Gasteiger partial charge in [-0.05, 0) is 83.5 Å². The summed E-state index contributed by atoms with van der Waals surface area (Å²) >= 11 is 0. The second-order valence-corrected chi connectivity index (χ2v) is 19.6. The zero-order chi connectivity index (χ0) is 47.2. The van der Waals surface area contributed by atoms with Crippen molar-refractivity contribution < 1.29 is 24.5 Å². The van der Waals surface area contributed by atoms with Crippen LogP contribution in [0.1, 0.15) is 303 Å². The average molecular weight is 915 g/mol. The molecule has 0 saturated heterocycles. The van der Waals surface area contributed by atoms with Crippen molar-refractivity contribution in [3.63, 3.8) is 0 Å². The smallest absolute Gasteiger partial charge is 0.305 e. The highest BCUT2D eigenvalue weighted by Gasteiger charge is 2.18. The van der Waals surface area contributed by atoms with Gasteiger partial charge < -0.3 is 20.3 Å². The molecule has 6 heteroatoms. The van der Waals surface area contributed by atoms with Crippen molar-refractivity contribution in [2.45, 2.75) is 315 Å². The van der Waals surface area contributed by atoms with Gasteiger partial charge in [0.25, 0.3) is 0 Å². The maximum Gasteiger partial charge on any atom is 0.305 e. The predicted octanol–water partition coefficient (Wildman–Crippen LogP) is 17.6. The Morgan fingerprint density at radius 3 is 1.09 bits per heavy atom. The number of allylic oxidation sites excluding steroid dienone is 5. The summed E-state index contributed by atoms with van der Waals surface area (Å²) in [5.74, 6) is -0.148. The fraction of sp³-hybridized carbons (Fsp3) is 0.864. The van der Waals surface area contributed by atoms with E-state index in [1.54, 1.807) is 6.08 Å². The molecule has 0 rings (SSSR count). The van der Waals surface area contributed by atoms with Gasteiger partial charge in [0.2, 0.25) is 5.91 Å². The van der Waals surface area contributed by atoms with Gasteiger partial charge in [0.1, 0.15) is 0 Å². The summed E-state index contributed by atoms with van der Waals surface area (Å²) < 4.78 is 5.43. The molecule has 65 heavy (non-hydrogen) atoms. The van der Waals surface area contributed by atoms with Crippen molar-refractivity contribution in [1.82, 2.24) is 5.32 Å². The highest BCUT2D eigenvalue weighted by atomic mass is 16.5. The second-order valence-electron chi connectivity index (χ2n) is 19.6. The molecule has 3 N–H and O–H groups in total. The van der Waals surface area contributed by atoms with E-state index in [0.29, 0.717) is 19.4 Å². The predicted molar refractivity (Wildman–Crippen MR) is 283 cm³/mol. The molecule has 0 spiro atoms. The third kappa shape index (κ3) is 51.3. The lowest BCUT2D eigenvalue weighted by Gasteiger charge is -2.20. The second kappa shape index (κ2) is 54.7. The van der Waals surface area contributed by atoms with Crippen LogP contribution in [0.3, 0.4) is 0 Å². The molecule has 0 aliphatic rings. The standard InChI is InChI=1S/C59H111NO5/c1-3-5-7-9-11-13-15-17-19-20-21-22-23-24-25-26-28-29-31-35-39-43-47-51-57(62)56(55-61)60-58(63)52-48-44-40-36-33-34-38-42-46-50-54-65-59(64)53-49-45-41-37-32-30-27-18-16-14-12-10-8-6-4-2/h18,27,34,38,47,51,56-57,61-62H,3-17,19-26,28-33,35-37,39-46,48-50,52-55H2,1-2H3,(H,60,63)/b27-18-,38-34-,51-47+. The summed E-state index contributed by atoms with van der Waals surface area (Å²) in [4.78, 5) is 24.5. The number of unbranched alkanes of at least 4 members (excludes halogenated alkanes) is 38. The summed E-state index contributed by atoms with van der Waals surface area (Å²) in [5, 5.41) is 23.1. The zero-order valence-electron chi connectivity index (χ0n) is 43.5. The maximum absolute atomic E-state index is 12.5. The molecule has 0 aromatic heterocycles. The molecule has 0 fully saturated rings. The molecule has 0 bridgehead atoms. The van der Waals surface area contributed by atoms with Crippen molar-refractivity contribution in [3.8, 4) is 0 Å². The van der Waals surface area contributed by atoms with Crippen LogP contribution in [-0.4, -0.2) is 47.4 Å². The van der Waals surface area contributed by atoms with E-state index in [4.69, 9.17) is 4.74 Å². The SMILES string of the molecule is CCCCCCCC/C=C\CCCCCCCC(=O)OCCCC/C=C\CCCCCCC(=O)NC(CO)C(O)/C=C/CCCCCCCCCCCCCCCCCCCCCCC. The average Bonchev–Trinajstić information content (AvgIpc) is 3.31. The van der Waals surface area contributed by atoms with E-state index >= 15 is 0 Å². The highest BCUT2D eigenvalue weighted by molar-refractivity contribution is 5.76. The van der Waals surface area contributed by atoms with E-state index < -0.39 is 12.1 Å². The number of nitrogens with one attached hydrogen (secondary N) is 1. The Kier molecular flexibility index (Phi) is 53.1. The van der Waals surface area contributed by atoms with Crippen LogP contribution in [0.25, 0.3) is 0 Å². The number of carbonyl (C=O) groups excluding carboxylic acids is 2. The van der Waals surface area contributed by atoms with Crippen LogP contribution in [0.15, 0.2) is 36.5 Å². The van der Waals surface area contributed by atoms with Crippen LogP contribution in [0.2, 0.25) is 0 Å². The Balaban J connectivity index is 3.55. The molecule has 0 aliphatic carbocycles. The Hall–Kier alpha value is -1.92. The molecule has 0 aliphatic heterocycles. The number of aliphatic hydroxyl groups is 2. The third-order valence-electron chi connectivity index (χ3n) is 13.1. The third-order valence-corrected chi connectivity index (χ3v) is 13.1. The van der Waals surface area contributed by atoms with Crippen molar-refractivity contribution in [3.05, 3.63) is 36.5 Å². The number of ether oxygens (including phenoxy) is 1. The largest absolute Gasteiger partial charge is 0.466 e. The summed E-state index contributed by atoms with van der Waals surface area (Å²) in [6.07, 6.45) is 67.4. The van der Waals surface area contributed by atoms with Gasteiger partial charge in [-0.2, -0.15) is 0 Å². The molecule has 0 heterocycles. The number of hydrogen-bond acceptors (Lipinski definition) is 5. The molecule has 0 aromatic carbocycles. The van der Waals surface area contributed by atoms with Crippen molar-refractivity contribution >= 4 is 11.9 Å². The molecule has 6 nitrogen and oxygen atoms in total. The summed E-state index contributed by atoms with van der Waals surface area (Å²) in [6, 6.07) is -0.655. The molecular weight excluding hydrogens is 803 g/mol. The molecule has 0 aromatic rings. The lowest BCUT2D eigenvalue weighted by atomic mass is 10.0. The van der Waals surface area contributed by atoms with E-state index in [9.17, 15) is 19.8 Å². The summed E-state index contributed by atoms with van der Waals surface area (Å²) in [6.45, 7) is 4.82. The summed E-state index contributed by atoms with van der Waals surface area (Å²) in [5.41, 5.74) is 0. The van der Waals surface area contributed by atoms with Gasteiger partial charge in [0.05, 0.1) is 25.4 Å². The van der Waals surface area contributed by atoms with Crippen LogP contribution < -0.4 is 5.32 Å². The van der Waals surface area contributed by atoms with Crippen LogP contribution in [0.5, 0.6) is 0 Å². The van der Waals surface area contributed by atoms with Gasteiger partial charge in [-0.1, -0.05) is 243 Å². The minimum Gasteiger partial charge on any atom is -0.466 e. The molecule has 2 unspecified atom stereocenters. The van der Waals surface area contributed by atoms with E-state index in [1.165, 1.54) is 199 Å². The maximum atomic E-state index is 12.5. The van der Waals surface area contributed by atoms with Gasteiger partial charge in [-0.15, -0.1) is 0 Å². The molecule has 382 valence electrons. The van der Waals surface area contributed by atoms with Crippen LogP contribution >= 0.6 is 0 Å². The van der Waals surface area contributed by atoms with Gasteiger partial charge in [0, 0.05) is 12.8 Å². The number of esters is 1. The summed E-state index contributed by atoms with van der Waals surface area (Å²) in [7, 11) is 0. The van der Waals surface area contributed by atoms with Crippen LogP contribution in [-0.2, 0) is 14.3 Å². The zero-order valence-corrected chi connectivity index (χ0v) is 43.5. The number of rotatable bonds is 53. The van der Waals surface area contributed by atoms with Gasteiger partial charge in [-0.25, -0.2) is 0 Å². The number of carbonyl (C=O) groups is 2. The van der Waals surface area contributed by atoms with Crippen molar-refractivity contribution in [2.24, 2.45) is 0 Å². The van der Waals surface area contributed by atoms with E-state index in [1.807, 2.05) is 6.08 Å². The topological polar surface area (TPSA) is 95.9 Å². The molecule has 1 amide bonds. The molecule has 0 saturated carbocycles. The molecular formula is C59H111NO5. The minimum atomic E-state index is -0.868. The monoisotopic (exact) mass is 914 g/mol. The Morgan fingerprint density at radius 1 is 0.415 bits per heavy atom. The van der Waals surface area contributed by atoms with E-state index in [-0.39, 0.29) is 18.5 Å². The first-order valence-corrected chi connectivity index (χ1v) is 28.8. The van der Waals surface area contributed by atoms with Gasteiger partial charge in [-0.3, -0.25) is 9.59 Å². The van der Waals surface area contributed by atoms with E-state index in [2.05, 4.69) is 43.5 Å². The number of aliphatic hydroxyl groups excluding tert-OH is 2. The van der Waals surface area contributed by atoms with Crippen molar-refractivity contribution in [2.75, 3.05) is 13.2 Å². The fourth-order valence-corrected chi connectivity index (χ4v) is 8.68. The van der Waals surface area contributed by atoms with Gasteiger partial charge >= 0.3 is 5.97 Å². The van der Waals surface area contributed by atoms with Crippen LogP contribution in [0, 0.1) is 0 Å². The van der Waals surface area contributed by atoms with Crippen molar-refractivity contribution in [1.29, 1.82) is 0 Å². The van der Waals surface area contributed by atoms with Crippen LogP contribution in [0.4, 0.5) is 0 Å². The quantitative estimate of drug-likeness (QED) is 0.0321. The fourth-order valence-electron chi connectivity index (χ4n) is 8.68. The lowest BCUT2D eigenvalue weighted by Crippen LogP contribution is -2.45. The first-order chi connectivity index (χ1) is 32.0. The lowest BCUT2D eigenvalue weighted by molar-refractivity contribution is -0.143. The molecule has 2 atom stereocenters. The van der Waals surface area contributed by atoms with E-state index in [0.717, 1.165) is 77.0 Å². The first-order valence-electron chi connectivity index (χ1n) is 28.8. The first kappa shape index (κ1) is 63.1. The number of hydrogen-bond donors (Lipinski definition) is 3. The Labute approximate surface area is 404 Å². The Bertz CT molecular complexity index is 1060. The van der Waals surface area contributed by atoms with Gasteiger partial charge in [0.15, 0.2) is 0 Å². The highest BCUT2D eigenvalue weighted by Crippen LogP contribution is 2.16. The normalized spacial score (nSPS) is 12.9. The minimum absolute atomic E-state index is 0.0460. The number of amides is 1. The molecule has 0 radical (unpaired) electrons. The Morgan fingerprint density at radius 2 is 0.723 bits per heavy atom.